The number of hydrogen-bond donors (Lipinski definition) is 1. The predicted octanol–water partition coefficient (Wildman–Crippen LogP) is 2.86. The highest BCUT2D eigenvalue weighted by atomic mass is 16.1. The molecule has 1 N–H and O–H groups in total. The third-order valence-electron chi connectivity index (χ3n) is 5.01. The molecule has 1 aliphatic rings. The average molecular weight is 347 g/mol. The maximum absolute atomic E-state index is 12.6. The molecule has 0 aliphatic heterocycles. The van der Waals surface area contributed by atoms with Gasteiger partial charge in [0.2, 0.25) is 5.91 Å². The van der Waals surface area contributed by atoms with Crippen LogP contribution in [0.4, 0.5) is 0 Å². The normalized spacial score (nSPS) is 15.2. The maximum Gasteiger partial charge on any atom is 0.224 e. The number of carbonyl (C=O) groups excluding carboxylic acids is 1. The van der Waals surface area contributed by atoms with Gasteiger partial charge in [0.05, 0.1) is 18.2 Å². The van der Waals surface area contributed by atoms with Gasteiger partial charge in [-0.2, -0.15) is 0 Å². The fourth-order valence-corrected chi connectivity index (χ4v) is 3.36. The average Bonchev–Trinajstić information content (AvgIpc) is 3.16. The molecule has 0 radical (unpaired) electrons. The van der Waals surface area contributed by atoms with Gasteiger partial charge in [0.15, 0.2) is 0 Å². The minimum atomic E-state index is 0.0564. The Hall–Kier alpha value is -3.02. The molecule has 0 unspecified atom stereocenters. The van der Waals surface area contributed by atoms with Crippen molar-refractivity contribution in [3.05, 3.63) is 72.1 Å². The van der Waals surface area contributed by atoms with Crippen LogP contribution < -0.4 is 5.32 Å². The molecule has 0 saturated heterocycles. The molecule has 1 aromatic heterocycles. The van der Waals surface area contributed by atoms with Gasteiger partial charge in [-0.15, -0.1) is 5.10 Å². The van der Waals surface area contributed by atoms with Gasteiger partial charge in [-0.25, -0.2) is 4.68 Å². The van der Waals surface area contributed by atoms with Crippen LogP contribution in [-0.2, 0) is 11.2 Å². The highest BCUT2D eigenvalue weighted by molar-refractivity contribution is 5.79. The molecule has 6 nitrogen and oxygen atoms in total. The number of benzene rings is 2. The monoisotopic (exact) mass is 347 g/mol. The lowest BCUT2D eigenvalue weighted by atomic mass is 9.77. The summed E-state index contributed by atoms with van der Waals surface area (Å²) in [6.45, 7) is 0. The number of amides is 1. The van der Waals surface area contributed by atoms with Crippen molar-refractivity contribution in [3.8, 4) is 5.69 Å². The molecule has 1 fully saturated rings. The Morgan fingerprint density at radius 2 is 1.88 bits per heavy atom. The first kappa shape index (κ1) is 16.4. The molecule has 26 heavy (non-hydrogen) atoms. The summed E-state index contributed by atoms with van der Waals surface area (Å²) in [5.41, 5.74) is 3.04. The first-order valence-electron chi connectivity index (χ1n) is 8.96. The van der Waals surface area contributed by atoms with Crippen LogP contribution in [0.3, 0.4) is 0 Å². The van der Waals surface area contributed by atoms with Gasteiger partial charge in [0.25, 0.3) is 0 Å². The van der Waals surface area contributed by atoms with E-state index in [0.717, 1.165) is 11.3 Å². The second kappa shape index (κ2) is 7.47. The molecule has 0 spiro atoms. The molecule has 132 valence electrons. The summed E-state index contributed by atoms with van der Waals surface area (Å²) in [7, 11) is 0. The van der Waals surface area contributed by atoms with E-state index < -0.39 is 0 Å². The number of nitrogens with zero attached hydrogens (tertiary/aromatic N) is 4. The summed E-state index contributed by atoms with van der Waals surface area (Å²) in [6.07, 6.45) is 5.53. The van der Waals surface area contributed by atoms with E-state index in [9.17, 15) is 4.79 Å². The molecule has 0 bridgehead atoms. The molecule has 4 rings (SSSR count). The van der Waals surface area contributed by atoms with Crippen LogP contribution in [0.15, 0.2) is 60.9 Å². The first-order chi connectivity index (χ1) is 12.8. The molecule has 3 aromatic rings. The molecule has 1 amide bonds. The van der Waals surface area contributed by atoms with Crippen molar-refractivity contribution < 1.29 is 4.79 Å². The third-order valence-corrected chi connectivity index (χ3v) is 5.01. The SMILES string of the molecule is O=C(Cc1ccc(-n2cnnn2)cc1)N[C@H](c1ccccc1)C1CCC1. The van der Waals surface area contributed by atoms with Crippen LogP contribution in [0, 0.1) is 5.92 Å². The minimum absolute atomic E-state index is 0.0564. The summed E-state index contributed by atoms with van der Waals surface area (Å²) in [5, 5.41) is 14.4. The lowest BCUT2D eigenvalue weighted by Crippen LogP contribution is -2.37. The number of carbonyl (C=O) groups is 1. The van der Waals surface area contributed by atoms with Crippen molar-refractivity contribution in [3.63, 3.8) is 0 Å². The van der Waals surface area contributed by atoms with E-state index in [-0.39, 0.29) is 11.9 Å². The molecule has 1 saturated carbocycles. The summed E-state index contributed by atoms with van der Waals surface area (Å²) in [5.74, 6) is 0.601. The van der Waals surface area contributed by atoms with Gasteiger partial charge in [-0.3, -0.25) is 4.79 Å². The van der Waals surface area contributed by atoms with Crippen LogP contribution in [0.5, 0.6) is 0 Å². The Morgan fingerprint density at radius 1 is 1.12 bits per heavy atom. The number of aromatic nitrogens is 4. The van der Waals surface area contributed by atoms with Gasteiger partial charge in [-0.1, -0.05) is 48.9 Å². The maximum atomic E-state index is 12.6. The van der Waals surface area contributed by atoms with Gasteiger partial charge in [-0.05, 0) is 52.4 Å². The van der Waals surface area contributed by atoms with Crippen molar-refractivity contribution in [2.24, 2.45) is 5.92 Å². The van der Waals surface area contributed by atoms with E-state index in [1.54, 1.807) is 11.0 Å². The van der Waals surface area contributed by atoms with Gasteiger partial charge >= 0.3 is 0 Å². The number of hydrogen-bond acceptors (Lipinski definition) is 4. The van der Waals surface area contributed by atoms with E-state index >= 15 is 0 Å². The van der Waals surface area contributed by atoms with E-state index in [1.165, 1.54) is 24.8 Å². The summed E-state index contributed by atoms with van der Waals surface area (Å²) >= 11 is 0. The molecule has 1 heterocycles. The van der Waals surface area contributed by atoms with Crippen molar-refractivity contribution in [2.75, 3.05) is 0 Å². The molecular weight excluding hydrogens is 326 g/mol. The van der Waals surface area contributed by atoms with E-state index in [0.29, 0.717) is 12.3 Å². The minimum Gasteiger partial charge on any atom is -0.349 e. The van der Waals surface area contributed by atoms with Gasteiger partial charge < -0.3 is 5.32 Å². The molecular formula is C20H21N5O. The second-order valence-corrected chi connectivity index (χ2v) is 6.74. The Morgan fingerprint density at radius 3 is 2.50 bits per heavy atom. The summed E-state index contributed by atoms with van der Waals surface area (Å²) in [6, 6.07) is 18.1. The number of nitrogens with one attached hydrogen (secondary N) is 1. The van der Waals surface area contributed by atoms with Gasteiger partial charge in [0, 0.05) is 0 Å². The zero-order valence-corrected chi connectivity index (χ0v) is 14.5. The summed E-state index contributed by atoms with van der Waals surface area (Å²) in [4.78, 5) is 12.6. The molecule has 1 aliphatic carbocycles. The molecule has 1 atom stereocenters. The van der Waals surface area contributed by atoms with Crippen LogP contribution in [0.1, 0.15) is 36.4 Å². The Labute approximate surface area is 152 Å². The van der Waals surface area contributed by atoms with Crippen LogP contribution in [0.2, 0.25) is 0 Å². The highest BCUT2D eigenvalue weighted by Crippen LogP contribution is 2.37. The Balaban J connectivity index is 1.42. The first-order valence-corrected chi connectivity index (χ1v) is 8.96. The Kier molecular flexibility index (Phi) is 4.73. The zero-order chi connectivity index (χ0) is 17.8. The molecule has 2 aromatic carbocycles. The fraction of sp³-hybridized carbons (Fsp3) is 0.300. The van der Waals surface area contributed by atoms with Crippen molar-refractivity contribution in [1.82, 2.24) is 25.5 Å². The van der Waals surface area contributed by atoms with Crippen LogP contribution in [-0.4, -0.2) is 26.1 Å². The van der Waals surface area contributed by atoms with E-state index in [1.807, 2.05) is 42.5 Å². The number of rotatable bonds is 6. The van der Waals surface area contributed by atoms with Crippen LogP contribution in [0.25, 0.3) is 5.69 Å². The lowest BCUT2D eigenvalue weighted by Gasteiger charge is -2.34. The van der Waals surface area contributed by atoms with E-state index in [4.69, 9.17) is 0 Å². The fourth-order valence-electron chi connectivity index (χ4n) is 3.36. The van der Waals surface area contributed by atoms with Crippen molar-refractivity contribution in [1.29, 1.82) is 0 Å². The summed E-state index contributed by atoms with van der Waals surface area (Å²) < 4.78 is 1.59. The lowest BCUT2D eigenvalue weighted by molar-refractivity contribution is -0.121. The third kappa shape index (κ3) is 3.64. The Bertz CT molecular complexity index is 842. The standard InChI is InChI=1S/C20H21N5O/c26-19(13-15-9-11-18(12-10-15)25-14-21-23-24-25)22-20(17-7-4-8-17)16-5-2-1-3-6-16/h1-3,5-6,9-12,14,17,20H,4,7-8,13H2,(H,22,26)/t20-/m1/s1. The predicted molar refractivity (Wildman–Crippen MR) is 97.5 cm³/mol. The van der Waals surface area contributed by atoms with E-state index in [2.05, 4.69) is 33.0 Å². The smallest absolute Gasteiger partial charge is 0.224 e. The zero-order valence-electron chi connectivity index (χ0n) is 14.5. The topological polar surface area (TPSA) is 72.7 Å². The van der Waals surface area contributed by atoms with Gasteiger partial charge in [0.1, 0.15) is 6.33 Å². The quantitative estimate of drug-likeness (QED) is 0.744. The van der Waals surface area contributed by atoms with Crippen LogP contribution >= 0.6 is 0 Å². The largest absolute Gasteiger partial charge is 0.349 e. The van der Waals surface area contributed by atoms with Crippen molar-refractivity contribution >= 4 is 5.91 Å². The molecule has 6 heteroatoms. The number of tetrazole rings is 1. The van der Waals surface area contributed by atoms with Crippen molar-refractivity contribution in [2.45, 2.75) is 31.7 Å². The highest BCUT2D eigenvalue weighted by Gasteiger charge is 2.29. The second-order valence-electron chi connectivity index (χ2n) is 6.74.